The lowest BCUT2D eigenvalue weighted by Crippen LogP contribution is -2.26. The van der Waals surface area contributed by atoms with Crippen molar-refractivity contribution >= 4 is 5.97 Å². The molecule has 0 fully saturated rings. The summed E-state index contributed by atoms with van der Waals surface area (Å²) in [6.07, 6.45) is 1.23. The monoisotopic (exact) mass is 296 g/mol. The van der Waals surface area contributed by atoms with Crippen LogP contribution in [-0.2, 0) is 23.2 Å². The Hall–Kier alpha value is -2.13. The van der Waals surface area contributed by atoms with Crippen molar-refractivity contribution in [3.8, 4) is 0 Å². The Morgan fingerprint density at radius 1 is 1.14 bits per heavy atom. The van der Waals surface area contributed by atoms with Crippen LogP contribution in [0, 0.1) is 13.8 Å². The maximum absolute atomic E-state index is 11.5. The van der Waals surface area contributed by atoms with Crippen molar-refractivity contribution in [2.24, 2.45) is 0 Å². The quantitative estimate of drug-likeness (QED) is 0.866. The minimum Gasteiger partial charge on any atom is -0.465 e. The largest absolute Gasteiger partial charge is 0.465 e. The molecule has 2 aromatic rings. The third-order valence-electron chi connectivity index (χ3n) is 4.51. The minimum atomic E-state index is -0.893. The average Bonchev–Trinajstić information content (AvgIpc) is 2.85. The maximum atomic E-state index is 11.5. The standard InChI is InChI=1S/C19H20O3/c1-12-8-13(2)17-11-19(21,10-15(17)9-12)16-6-4-14(5-7-16)18(20)22-3/h4-9,21H,10-11H2,1-3H3. The Morgan fingerprint density at radius 3 is 2.45 bits per heavy atom. The number of hydrogen-bond acceptors (Lipinski definition) is 3. The van der Waals surface area contributed by atoms with Gasteiger partial charge in [0.15, 0.2) is 0 Å². The smallest absolute Gasteiger partial charge is 0.337 e. The highest BCUT2D eigenvalue weighted by Gasteiger charge is 2.37. The van der Waals surface area contributed by atoms with Crippen molar-refractivity contribution in [2.45, 2.75) is 32.3 Å². The van der Waals surface area contributed by atoms with Gasteiger partial charge in [0.05, 0.1) is 18.3 Å². The molecule has 0 amide bonds. The fourth-order valence-electron chi connectivity index (χ4n) is 3.40. The predicted octanol–water partition coefficient (Wildman–Crippen LogP) is 3.08. The van der Waals surface area contributed by atoms with Crippen LogP contribution in [0.1, 0.15) is 38.2 Å². The van der Waals surface area contributed by atoms with Crippen molar-refractivity contribution in [1.82, 2.24) is 0 Å². The topological polar surface area (TPSA) is 46.5 Å². The van der Waals surface area contributed by atoms with Crippen molar-refractivity contribution in [3.63, 3.8) is 0 Å². The molecule has 1 atom stereocenters. The van der Waals surface area contributed by atoms with Crippen LogP contribution < -0.4 is 0 Å². The number of carbonyl (C=O) groups excluding carboxylic acids is 1. The second-order valence-corrected chi connectivity index (χ2v) is 6.17. The molecule has 3 heteroatoms. The number of fused-ring (bicyclic) bond motifs is 1. The van der Waals surface area contributed by atoms with Gasteiger partial charge in [-0.05, 0) is 48.2 Å². The van der Waals surface area contributed by atoms with Gasteiger partial charge in [0, 0.05) is 12.8 Å². The SMILES string of the molecule is COC(=O)c1ccc(C2(O)Cc3cc(C)cc(C)c3C2)cc1. The summed E-state index contributed by atoms with van der Waals surface area (Å²) in [4.78, 5) is 11.5. The van der Waals surface area contributed by atoms with Gasteiger partial charge >= 0.3 is 5.97 Å². The Balaban J connectivity index is 1.93. The molecule has 0 heterocycles. The zero-order chi connectivity index (χ0) is 15.9. The summed E-state index contributed by atoms with van der Waals surface area (Å²) in [6.45, 7) is 4.17. The van der Waals surface area contributed by atoms with Gasteiger partial charge in [-0.2, -0.15) is 0 Å². The molecular formula is C19H20O3. The molecule has 0 aromatic heterocycles. The van der Waals surface area contributed by atoms with Crippen LogP contribution in [-0.4, -0.2) is 18.2 Å². The molecule has 0 spiro atoms. The highest BCUT2D eigenvalue weighted by Crippen LogP contribution is 2.39. The molecule has 0 bridgehead atoms. The predicted molar refractivity (Wildman–Crippen MR) is 85.0 cm³/mol. The van der Waals surface area contributed by atoms with Crippen LogP contribution in [0.3, 0.4) is 0 Å². The van der Waals surface area contributed by atoms with Gasteiger partial charge in [0.25, 0.3) is 0 Å². The molecule has 114 valence electrons. The summed E-state index contributed by atoms with van der Waals surface area (Å²) in [5, 5.41) is 11.1. The molecule has 3 nitrogen and oxygen atoms in total. The number of hydrogen-bond donors (Lipinski definition) is 1. The minimum absolute atomic E-state index is 0.361. The molecule has 0 aliphatic heterocycles. The average molecular weight is 296 g/mol. The second kappa shape index (κ2) is 5.25. The van der Waals surface area contributed by atoms with Gasteiger partial charge < -0.3 is 9.84 Å². The van der Waals surface area contributed by atoms with E-state index >= 15 is 0 Å². The fourth-order valence-corrected chi connectivity index (χ4v) is 3.40. The summed E-state index contributed by atoms with van der Waals surface area (Å²) < 4.78 is 4.70. The Kier molecular flexibility index (Phi) is 3.53. The second-order valence-electron chi connectivity index (χ2n) is 6.17. The third kappa shape index (κ3) is 2.42. The zero-order valence-electron chi connectivity index (χ0n) is 13.1. The van der Waals surface area contributed by atoms with Crippen molar-refractivity contribution in [1.29, 1.82) is 0 Å². The van der Waals surface area contributed by atoms with Gasteiger partial charge in [-0.3, -0.25) is 0 Å². The van der Waals surface area contributed by atoms with E-state index in [0.717, 1.165) is 5.56 Å². The Bertz CT molecular complexity index is 731. The Labute approximate surface area is 130 Å². The lowest BCUT2D eigenvalue weighted by Gasteiger charge is -2.23. The van der Waals surface area contributed by atoms with E-state index in [-0.39, 0.29) is 5.97 Å². The van der Waals surface area contributed by atoms with E-state index in [2.05, 4.69) is 26.0 Å². The molecule has 0 radical (unpaired) electrons. The van der Waals surface area contributed by atoms with Gasteiger partial charge in [-0.25, -0.2) is 4.79 Å². The molecule has 3 rings (SSSR count). The van der Waals surface area contributed by atoms with Crippen molar-refractivity contribution in [2.75, 3.05) is 7.11 Å². The molecule has 1 aliphatic rings. The van der Waals surface area contributed by atoms with E-state index in [4.69, 9.17) is 4.74 Å². The van der Waals surface area contributed by atoms with Crippen molar-refractivity contribution in [3.05, 3.63) is 69.8 Å². The van der Waals surface area contributed by atoms with E-state index in [1.165, 1.54) is 29.4 Å². The number of methoxy groups -OCH3 is 1. The lowest BCUT2D eigenvalue weighted by atomic mass is 9.90. The molecule has 1 unspecified atom stereocenters. The van der Waals surface area contributed by atoms with Gasteiger partial charge in [0.2, 0.25) is 0 Å². The number of rotatable bonds is 2. The van der Waals surface area contributed by atoms with E-state index in [1.807, 2.05) is 12.1 Å². The first-order valence-electron chi connectivity index (χ1n) is 7.43. The highest BCUT2D eigenvalue weighted by molar-refractivity contribution is 5.89. The third-order valence-corrected chi connectivity index (χ3v) is 4.51. The first-order chi connectivity index (χ1) is 10.4. The zero-order valence-corrected chi connectivity index (χ0v) is 13.1. The van der Waals surface area contributed by atoms with Gasteiger partial charge in [-0.1, -0.05) is 29.8 Å². The number of carbonyl (C=O) groups is 1. The normalized spacial score (nSPS) is 19.8. The van der Waals surface area contributed by atoms with Crippen molar-refractivity contribution < 1.29 is 14.6 Å². The summed E-state index contributed by atoms with van der Waals surface area (Å²) in [5.41, 5.74) is 5.36. The summed E-state index contributed by atoms with van der Waals surface area (Å²) in [7, 11) is 1.36. The number of ether oxygens (including phenoxy) is 1. The van der Waals surface area contributed by atoms with E-state index in [1.54, 1.807) is 12.1 Å². The molecule has 1 aliphatic carbocycles. The molecule has 1 N–H and O–H groups in total. The first kappa shape index (κ1) is 14.8. The Morgan fingerprint density at radius 2 is 1.82 bits per heavy atom. The van der Waals surface area contributed by atoms with Crippen LogP contribution in [0.15, 0.2) is 36.4 Å². The maximum Gasteiger partial charge on any atom is 0.337 e. The van der Waals surface area contributed by atoms with Gasteiger partial charge in [-0.15, -0.1) is 0 Å². The number of esters is 1. The lowest BCUT2D eigenvalue weighted by molar-refractivity contribution is 0.0478. The molecular weight excluding hydrogens is 276 g/mol. The number of aryl methyl sites for hydroxylation is 2. The number of benzene rings is 2. The van der Waals surface area contributed by atoms with Crippen LogP contribution >= 0.6 is 0 Å². The molecule has 2 aromatic carbocycles. The van der Waals surface area contributed by atoms with Gasteiger partial charge in [0.1, 0.15) is 0 Å². The summed E-state index contributed by atoms with van der Waals surface area (Å²) in [6, 6.07) is 11.4. The van der Waals surface area contributed by atoms with E-state index in [0.29, 0.717) is 18.4 Å². The van der Waals surface area contributed by atoms with Crippen LogP contribution in [0.25, 0.3) is 0 Å². The van der Waals surface area contributed by atoms with E-state index in [9.17, 15) is 9.90 Å². The highest BCUT2D eigenvalue weighted by atomic mass is 16.5. The molecule has 0 saturated heterocycles. The van der Waals surface area contributed by atoms with Crippen LogP contribution in [0.5, 0.6) is 0 Å². The number of aliphatic hydroxyl groups is 1. The first-order valence-corrected chi connectivity index (χ1v) is 7.43. The molecule has 0 saturated carbocycles. The van der Waals surface area contributed by atoms with Crippen LogP contribution in [0.2, 0.25) is 0 Å². The van der Waals surface area contributed by atoms with Crippen LogP contribution in [0.4, 0.5) is 0 Å². The molecule has 22 heavy (non-hydrogen) atoms. The summed E-state index contributed by atoms with van der Waals surface area (Å²) >= 11 is 0. The summed E-state index contributed by atoms with van der Waals surface area (Å²) in [5.74, 6) is -0.361. The fraction of sp³-hybridized carbons (Fsp3) is 0.316. The van der Waals surface area contributed by atoms with E-state index < -0.39 is 5.60 Å².